The van der Waals surface area contributed by atoms with Gasteiger partial charge in [0.1, 0.15) is 5.25 Å². The molecule has 1 heterocycles. The van der Waals surface area contributed by atoms with E-state index in [0.29, 0.717) is 6.61 Å². The van der Waals surface area contributed by atoms with Gasteiger partial charge in [-0.1, -0.05) is 12.2 Å². The fourth-order valence-electron chi connectivity index (χ4n) is 0.700. The van der Waals surface area contributed by atoms with Crippen LogP contribution in [0.15, 0.2) is 12.2 Å². The van der Waals surface area contributed by atoms with Crippen molar-refractivity contribution in [2.24, 2.45) is 0 Å². The molecule has 1 unspecified atom stereocenters. The zero-order chi connectivity index (χ0) is 7.61. The van der Waals surface area contributed by atoms with Crippen LogP contribution >= 0.6 is 0 Å². The summed E-state index contributed by atoms with van der Waals surface area (Å²) in [5.41, 5.74) is 0. The van der Waals surface area contributed by atoms with Gasteiger partial charge < -0.3 is 4.74 Å². The molecule has 0 aromatic rings. The van der Waals surface area contributed by atoms with Crippen molar-refractivity contribution in [1.29, 1.82) is 0 Å². The average Bonchev–Trinajstić information content (AvgIpc) is 1.88. The Morgan fingerprint density at radius 2 is 2.30 bits per heavy atom. The fourth-order valence-corrected chi connectivity index (χ4v) is 1.28. The third-order valence-electron chi connectivity index (χ3n) is 1.23. The van der Waals surface area contributed by atoms with Crippen molar-refractivity contribution in [2.45, 2.75) is 5.25 Å². The van der Waals surface area contributed by atoms with Crippen molar-refractivity contribution >= 4 is 10.1 Å². The molecule has 0 aromatic heterocycles. The summed E-state index contributed by atoms with van der Waals surface area (Å²) in [5, 5.41) is -0.874. The van der Waals surface area contributed by atoms with E-state index < -0.39 is 15.4 Å². The highest BCUT2D eigenvalue weighted by Gasteiger charge is 2.21. The van der Waals surface area contributed by atoms with Crippen LogP contribution in [0.2, 0.25) is 0 Å². The Balaban J connectivity index is 2.74. The van der Waals surface area contributed by atoms with Crippen molar-refractivity contribution in [3.05, 3.63) is 12.2 Å². The first-order valence-corrected chi connectivity index (χ1v) is 4.32. The van der Waals surface area contributed by atoms with Gasteiger partial charge in [0.25, 0.3) is 10.1 Å². The predicted molar refractivity (Wildman–Crippen MR) is 35.3 cm³/mol. The number of rotatable bonds is 1. The van der Waals surface area contributed by atoms with Crippen LogP contribution in [0.3, 0.4) is 0 Å². The van der Waals surface area contributed by atoms with Crippen LogP contribution in [0.4, 0.5) is 0 Å². The van der Waals surface area contributed by atoms with Gasteiger partial charge in [-0.15, -0.1) is 0 Å². The minimum atomic E-state index is -3.94. The van der Waals surface area contributed by atoms with Crippen molar-refractivity contribution in [1.82, 2.24) is 0 Å². The fraction of sp³-hybridized carbons (Fsp3) is 0.600. The third-order valence-corrected chi connectivity index (χ3v) is 2.29. The lowest BCUT2D eigenvalue weighted by Crippen LogP contribution is -2.26. The van der Waals surface area contributed by atoms with E-state index >= 15 is 0 Å². The zero-order valence-electron chi connectivity index (χ0n) is 5.23. The molecule has 1 rings (SSSR count). The maximum atomic E-state index is 10.4. The van der Waals surface area contributed by atoms with Gasteiger partial charge in [0.05, 0.1) is 13.2 Å². The topological polar surface area (TPSA) is 63.6 Å². The molecule has 0 radical (unpaired) electrons. The number of ether oxygens (including phenoxy) is 1. The van der Waals surface area contributed by atoms with Gasteiger partial charge in [0.2, 0.25) is 0 Å². The molecule has 0 bridgehead atoms. The van der Waals surface area contributed by atoms with E-state index in [1.807, 2.05) is 0 Å². The summed E-state index contributed by atoms with van der Waals surface area (Å²) in [5.74, 6) is 0. The van der Waals surface area contributed by atoms with Gasteiger partial charge in [-0.25, -0.2) is 0 Å². The van der Waals surface area contributed by atoms with E-state index in [0.717, 1.165) is 0 Å². The average molecular weight is 164 g/mol. The lowest BCUT2D eigenvalue weighted by Gasteiger charge is -2.12. The Kier molecular flexibility index (Phi) is 2.08. The molecule has 1 aliphatic rings. The van der Waals surface area contributed by atoms with Crippen LogP contribution < -0.4 is 0 Å². The molecule has 0 aromatic carbocycles. The van der Waals surface area contributed by atoms with Crippen LogP contribution in [0.5, 0.6) is 0 Å². The van der Waals surface area contributed by atoms with Gasteiger partial charge in [0, 0.05) is 0 Å². The molecule has 58 valence electrons. The van der Waals surface area contributed by atoms with Crippen LogP contribution in [0.1, 0.15) is 0 Å². The molecule has 0 amide bonds. The van der Waals surface area contributed by atoms with Crippen molar-refractivity contribution in [3.8, 4) is 0 Å². The van der Waals surface area contributed by atoms with Gasteiger partial charge in [-0.3, -0.25) is 4.55 Å². The summed E-state index contributed by atoms with van der Waals surface area (Å²) in [7, 11) is -3.94. The molecule has 4 nitrogen and oxygen atoms in total. The third kappa shape index (κ3) is 1.80. The normalized spacial score (nSPS) is 26.7. The molecule has 5 heteroatoms. The quantitative estimate of drug-likeness (QED) is 0.431. The van der Waals surface area contributed by atoms with E-state index in [1.165, 1.54) is 6.08 Å². The van der Waals surface area contributed by atoms with Gasteiger partial charge >= 0.3 is 0 Å². The van der Waals surface area contributed by atoms with Crippen molar-refractivity contribution < 1.29 is 17.7 Å². The summed E-state index contributed by atoms with van der Waals surface area (Å²) in [6.07, 6.45) is 3.00. The van der Waals surface area contributed by atoms with Gasteiger partial charge in [-0.2, -0.15) is 8.42 Å². The second-order valence-corrected chi connectivity index (χ2v) is 3.65. The lowest BCUT2D eigenvalue weighted by molar-refractivity contribution is 0.158. The molecule has 1 aliphatic heterocycles. The predicted octanol–water partition coefficient (Wildman–Crippen LogP) is -0.171. The standard InChI is InChI=1S/C5H8O4S/c6-10(7,8)5-2-1-3-9-4-5/h1-2,5H,3-4H2,(H,6,7,8). The molecule has 10 heavy (non-hydrogen) atoms. The second kappa shape index (κ2) is 2.69. The largest absolute Gasteiger partial charge is 0.376 e. The molecule has 1 N–H and O–H groups in total. The van der Waals surface area contributed by atoms with E-state index in [-0.39, 0.29) is 6.61 Å². The Morgan fingerprint density at radius 1 is 1.60 bits per heavy atom. The Morgan fingerprint density at radius 3 is 2.60 bits per heavy atom. The monoisotopic (exact) mass is 164 g/mol. The smallest absolute Gasteiger partial charge is 0.273 e. The molecule has 0 saturated heterocycles. The minimum Gasteiger partial charge on any atom is -0.376 e. The first-order valence-electron chi connectivity index (χ1n) is 2.81. The highest BCUT2D eigenvalue weighted by Crippen LogP contribution is 2.05. The van der Waals surface area contributed by atoms with E-state index in [4.69, 9.17) is 9.29 Å². The molecule has 0 fully saturated rings. The van der Waals surface area contributed by atoms with Crippen LogP contribution in [-0.2, 0) is 14.9 Å². The van der Waals surface area contributed by atoms with Gasteiger partial charge in [-0.05, 0) is 0 Å². The Labute approximate surface area is 59.2 Å². The molecule has 0 spiro atoms. The Hall–Kier alpha value is -0.390. The summed E-state index contributed by atoms with van der Waals surface area (Å²) >= 11 is 0. The van der Waals surface area contributed by atoms with Gasteiger partial charge in [0.15, 0.2) is 0 Å². The highest BCUT2D eigenvalue weighted by molar-refractivity contribution is 7.86. The highest BCUT2D eigenvalue weighted by atomic mass is 32.2. The number of hydrogen-bond donors (Lipinski definition) is 1. The first kappa shape index (κ1) is 7.71. The molecule has 1 atom stereocenters. The van der Waals surface area contributed by atoms with Crippen LogP contribution in [-0.4, -0.2) is 31.4 Å². The molecular weight excluding hydrogens is 156 g/mol. The second-order valence-electron chi connectivity index (χ2n) is 2.02. The molecule has 0 aliphatic carbocycles. The number of hydrogen-bond acceptors (Lipinski definition) is 3. The van der Waals surface area contributed by atoms with Crippen molar-refractivity contribution in [3.63, 3.8) is 0 Å². The van der Waals surface area contributed by atoms with E-state index in [1.54, 1.807) is 6.08 Å². The Bertz CT molecular complexity index is 228. The summed E-state index contributed by atoms with van der Waals surface area (Å²) < 4.78 is 34.1. The maximum absolute atomic E-state index is 10.4. The SMILES string of the molecule is O=S(=O)(O)C1C=CCOC1. The minimum absolute atomic E-state index is 0.0509. The summed E-state index contributed by atoms with van der Waals surface area (Å²) in [4.78, 5) is 0. The van der Waals surface area contributed by atoms with Crippen LogP contribution in [0, 0.1) is 0 Å². The summed E-state index contributed by atoms with van der Waals surface area (Å²) in [6, 6.07) is 0. The molecule has 0 saturated carbocycles. The first-order chi connectivity index (χ1) is 4.61. The molecular formula is C5H8O4S. The van der Waals surface area contributed by atoms with E-state index in [2.05, 4.69) is 0 Å². The zero-order valence-corrected chi connectivity index (χ0v) is 6.04. The summed E-state index contributed by atoms with van der Waals surface area (Å²) in [6.45, 7) is 0.474. The maximum Gasteiger partial charge on any atom is 0.273 e. The van der Waals surface area contributed by atoms with Crippen molar-refractivity contribution in [2.75, 3.05) is 13.2 Å². The lowest BCUT2D eigenvalue weighted by atomic mass is 10.3. The van der Waals surface area contributed by atoms with Crippen LogP contribution in [0.25, 0.3) is 0 Å². The van der Waals surface area contributed by atoms with E-state index in [9.17, 15) is 8.42 Å².